The van der Waals surface area contributed by atoms with Crippen LogP contribution in [0.15, 0.2) is 36.4 Å². The summed E-state index contributed by atoms with van der Waals surface area (Å²) in [6.45, 7) is 1.86. The van der Waals surface area contributed by atoms with E-state index in [0.717, 1.165) is 5.56 Å². The summed E-state index contributed by atoms with van der Waals surface area (Å²) in [5, 5.41) is 18.5. The zero-order valence-electron chi connectivity index (χ0n) is 10.6. The topological polar surface area (TPSA) is 70.3 Å². The molecule has 0 aliphatic carbocycles. The Labute approximate surface area is 120 Å². The number of nitrogens with zero attached hydrogens (tertiary/aromatic N) is 1. The van der Waals surface area contributed by atoms with Gasteiger partial charge in [-0.15, -0.1) is 0 Å². The molecule has 0 spiro atoms. The molecule has 0 saturated heterocycles. The molecule has 0 unspecified atom stereocenters. The zero-order valence-corrected chi connectivity index (χ0v) is 11.3. The Balaban J connectivity index is 2.45. The van der Waals surface area contributed by atoms with Crippen molar-refractivity contribution in [2.75, 3.05) is 0 Å². The molecule has 4 nitrogen and oxygen atoms in total. The standard InChI is InChI=1S/C15H10ClNO3/c1-9-2-4-13(10(6-9)8-17)20-14-5-3-11(16)7-12(14)15(18)19/h2-7H,1H3,(H,18,19). The summed E-state index contributed by atoms with van der Waals surface area (Å²) in [5.41, 5.74) is 1.21. The van der Waals surface area contributed by atoms with E-state index in [1.165, 1.54) is 18.2 Å². The maximum absolute atomic E-state index is 11.2. The summed E-state index contributed by atoms with van der Waals surface area (Å²) < 4.78 is 5.54. The number of halogens is 1. The number of carbonyl (C=O) groups is 1. The first kappa shape index (κ1) is 13.9. The van der Waals surface area contributed by atoms with Gasteiger partial charge in [-0.1, -0.05) is 17.7 Å². The molecule has 0 aliphatic rings. The summed E-state index contributed by atoms with van der Waals surface area (Å²) in [6.07, 6.45) is 0. The first-order valence-corrected chi connectivity index (χ1v) is 6.10. The molecule has 100 valence electrons. The van der Waals surface area contributed by atoms with Crippen molar-refractivity contribution in [3.63, 3.8) is 0 Å². The predicted molar refractivity (Wildman–Crippen MR) is 74.4 cm³/mol. The molecule has 0 saturated carbocycles. The van der Waals surface area contributed by atoms with Crippen LogP contribution in [0, 0.1) is 18.3 Å². The molecule has 0 heterocycles. The minimum absolute atomic E-state index is 0.0537. The van der Waals surface area contributed by atoms with Crippen molar-refractivity contribution in [3.05, 3.63) is 58.1 Å². The minimum atomic E-state index is -1.15. The summed E-state index contributed by atoms with van der Waals surface area (Å²) in [4.78, 5) is 11.2. The first-order valence-electron chi connectivity index (χ1n) is 5.72. The van der Waals surface area contributed by atoms with Crippen LogP contribution in [0.5, 0.6) is 11.5 Å². The first-order chi connectivity index (χ1) is 9.51. The van der Waals surface area contributed by atoms with Crippen molar-refractivity contribution in [2.45, 2.75) is 6.92 Å². The van der Waals surface area contributed by atoms with Gasteiger partial charge in [0.1, 0.15) is 23.1 Å². The van der Waals surface area contributed by atoms with Crippen molar-refractivity contribution in [1.82, 2.24) is 0 Å². The van der Waals surface area contributed by atoms with Crippen LogP contribution in [-0.4, -0.2) is 11.1 Å². The Morgan fingerprint density at radius 3 is 2.60 bits per heavy atom. The van der Waals surface area contributed by atoms with Crippen LogP contribution in [-0.2, 0) is 0 Å². The molecule has 0 radical (unpaired) electrons. The van der Waals surface area contributed by atoms with Crippen LogP contribution in [0.4, 0.5) is 0 Å². The number of hydrogen-bond acceptors (Lipinski definition) is 3. The van der Waals surface area contributed by atoms with Gasteiger partial charge in [-0.3, -0.25) is 0 Å². The van der Waals surface area contributed by atoms with Crippen LogP contribution in [0.3, 0.4) is 0 Å². The second kappa shape index (κ2) is 5.64. The zero-order chi connectivity index (χ0) is 14.7. The van der Waals surface area contributed by atoms with Gasteiger partial charge in [-0.2, -0.15) is 5.26 Å². The largest absolute Gasteiger partial charge is 0.478 e. The molecule has 20 heavy (non-hydrogen) atoms. The summed E-state index contributed by atoms with van der Waals surface area (Å²) in [5.74, 6) is -0.696. The van der Waals surface area contributed by atoms with Gasteiger partial charge >= 0.3 is 5.97 Å². The number of carboxylic acid groups (broad SMARTS) is 1. The third kappa shape index (κ3) is 2.90. The fourth-order valence-corrected chi connectivity index (χ4v) is 1.87. The van der Waals surface area contributed by atoms with Gasteiger partial charge in [-0.05, 0) is 42.8 Å². The van der Waals surface area contributed by atoms with Crippen molar-refractivity contribution in [1.29, 1.82) is 5.26 Å². The molecule has 0 fully saturated rings. The number of rotatable bonds is 3. The molecule has 2 aromatic rings. The van der Waals surface area contributed by atoms with E-state index in [-0.39, 0.29) is 11.3 Å². The summed E-state index contributed by atoms with van der Waals surface area (Å²) >= 11 is 5.77. The fourth-order valence-electron chi connectivity index (χ4n) is 1.70. The van der Waals surface area contributed by atoms with Crippen molar-refractivity contribution >= 4 is 17.6 Å². The number of aromatic carboxylic acids is 1. The summed E-state index contributed by atoms with van der Waals surface area (Å²) in [7, 11) is 0. The number of carboxylic acids is 1. The number of benzene rings is 2. The van der Waals surface area contributed by atoms with Gasteiger partial charge in [0, 0.05) is 5.02 Å². The SMILES string of the molecule is Cc1ccc(Oc2ccc(Cl)cc2C(=O)O)c(C#N)c1. The van der Waals surface area contributed by atoms with Gasteiger partial charge in [0.25, 0.3) is 0 Å². The summed E-state index contributed by atoms with van der Waals surface area (Å²) in [6, 6.07) is 11.4. The van der Waals surface area contributed by atoms with E-state index in [4.69, 9.17) is 26.7 Å². The van der Waals surface area contributed by atoms with Crippen molar-refractivity contribution < 1.29 is 14.6 Å². The third-order valence-electron chi connectivity index (χ3n) is 2.65. The Kier molecular flexibility index (Phi) is 3.92. The van der Waals surface area contributed by atoms with E-state index in [1.54, 1.807) is 18.2 Å². The molecule has 0 bridgehead atoms. The molecule has 0 aliphatic heterocycles. The average molecular weight is 288 g/mol. The molecule has 2 aromatic carbocycles. The number of aryl methyl sites for hydroxylation is 1. The van der Waals surface area contributed by atoms with Crippen LogP contribution in [0.1, 0.15) is 21.5 Å². The third-order valence-corrected chi connectivity index (χ3v) is 2.88. The Bertz CT molecular complexity index is 720. The highest BCUT2D eigenvalue weighted by Crippen LogP contribution is 2.30. The Hall–Kier alpha value is -2.51. The van der Waals surface area contributed by atoms with Crippen LogP contribution in [0.2, 0.25) is 5.02 Å². The average Bonchev–Trinajstić information content (AvgIpc) is 2.42. The highest BCUT2D eigenvalue weighted by atomic mass is 35.5. The molecule has 0 aromatic heterocycles. The predicted octanol–water partition coefficient (Wildman–Crippen LogP) is 4.01. The van der Waals surface area contributed by atoms with E-state index < -0.39 is 5.97 Å². The number of nitriles is 1. The molecule has 0 atom stereocenters. The van der Waals surface area contributed by atoms with Crippen LogP contribution in [0.25, 0.3) is 0 Å². The second-order valence-corrected chi connectivity index (χ2v) is 4.60. The smallest absolute Gasteiger partial charge is 0.339 e. The lowest BCUT2D eigenvalue weighted by Gasteiger charge is -2.10. The highest BCUT2D eigenvalue weighted by molar-refractivity contribution is 6.31. The molecule has 1 N–H and O–H groups in total. The van der Waals surface area contributed by atoms with Crippen molar-refractivity contribution in [3.8, 4) is 17.6 Å². The molecular weight excluding hydrogens is 278 g/mol. The monoisotopic (exact) mass is 287 g/mol. The lowest BCUT2D eigenvalue weighted by atomic mass is 10.1. The maximum atomic E-state index is 11.2. The van der Waals surface area contributed by atoms with Gasteiger partial charge in [0.15, 0.2) is 0 Å². The second-order valence-electron chi connectivity index (χ2n) is 4.16. The van der Waals surface area contributed by atoms with Gasteiger partial charge in [-0.25, -0.2) is 4.79 Å². The quantitative estimate of drug-likeness (QED) is 0.926. The molecule has 5 heteroatoms. The van der Waals surface area contributed by atoms with E-state index in [2.05, 4.69) is 0 Å². The van der Waals surface area contributed by atoms with Crippen molar-refractivity contribution in [2.24, 2.45) is 0 Å². The molecule has 0 amide bonds. The van der Waals surface area contributed by atoms with E-state index in [9.17, 15) is 4.79 Å². The van der Waals surface area contributed by atoms with E-state index in [0.29, 0.717) is 16.3 Å². The normalized spacial score (nSPS) is 9.85. The molecular formula is C15H10ClNO3. The van der Waals surface area contributed by atoms with Gasteiger partial charge < -0.3 is 9.84 Å². The Morgan fingerprint density at radius 2 is 1.95 bits per heavy atom. The van der Waals surface area contributed by atoms with Gasteiger partial charge in [0.05, 0.1) is 5.56 Å². The fraction of sp³-hybridized carbons (Fsp3) is 0.0667. The minimum Gasteiger partial charge on any atom is -0.478 e. The highest BCUT2D eigenvalue weighted by Gasteiger charge is 2.14. The lowest BCUT2D eigenvalue weighted by molar-refractivity contribution is 0.0694. The number of hydrogen-bond donors (Lipinski definition) is 1. The molecule has 2 rings (SSSR count). The van der Waals surface area contributed by atoms with E-state index >= 15 is 0 Å². The van der Waals surface area contributed by atoms with Crippen LogP contribution >= 0.6 is 11.6 Å². The maximum Gasteiger partial charge on any atom is 0.339 e. The number of ether oxygens (including phenoxy) is 1. The van der Waals surface area contributed by atoms with Crippen LogP contribution < -0.4 is 4.74 Å². The lowest BCUT2D eigenvalue weighted by Crippen LogP contribution is -2.00. The van der Waals surface area contributed by atoms with Gasteiger partial charge in [0.2, 0.25) is 0 Å². The van der Waals surface area contributed by atoms with E-state index in [1.807, 2.05) is 13.0 Å². The Morgan fingerprint density at radius 1 is 1.25 bits per heavy atom.